The molecule has 4 heteroatoms. The van der Waals surface area contributed by atoms with Crippen LogP contribution in [0, 0.1) is 0 Å². The second-order valence-electron chi connectivity index (χ2n) is 6.47. The molecule has 28 heavy (non-hydrogen) atoms. The Bertz CT molecular complexity index is 1070. The minimum absolute atomic E-state index is 0.822. The predicted octanol–water partition coefficient (Wildman–Crippen LogP) is 7.11. The van der Waals surface area contributed by atoms with Gasteiger partial charge in [0.2, 0.25) is 0 Å². The molecule has 4 aromatic rings. The summed E-state index contributed by atoms with van der Waals surface area (Å²) in [5.41, 5.74) is 7.28. The summed E-state index contributed by atoms with van der Waals surface area (Å²) in [5.74, 6) is 0. The first kappa shape index (κ1) is 17.7. The summed E-state index contributed by atoms with van der Waals surface area (Å²) in [7, 11) is 0. The lowest BCUT2D eigenvalue weighted by Gasteiger charge is -2.25. The zero-order valence-corrected chi connectivity index (χ0v) is 15.8. The second-order valence-corrected chi connectivity index (χ2v) is 6.47. The quantitative estimate of drug-likeness (QED) is 0.292. The van der Waals surface area contributed by atoms with Gasteiger partial charge in [-0.25, -0.2) is 0 Å². The van der Waals surface area contributed by atoms with Gasteiger partial charge in [-0.2, -0.15) is 10.2 Å². The van der Waals surface area contributed by atoms with Gasteiger partial charge in [0.25, 0.3) is 0 Å². The van der Waals surface area contributed by atoms with Crippen LogP contribution in [0.25, 0.3) is 10.8 Å². The molecule has 0 aliphatic rings. The highest BCUT2D eigenvalue weighted by atomic mass is 15.5. The van der Waals surface area contributed by atoms with Gasteiger partial charge >= 0.3 is 0 Å². The van der Waals surface area contributed by atoms with Gasteiger partial charge in [0.1, 0.15) is 0 Å². The fraction of sp³-hybridized carbons (Fsp3) is 0.0833. The van der Waals surface area contributed by atoms with Crippen LogP contribution in [0.5, 0.6) is 0 Å². The second kappa shape index (κ2) is 8.35. The molecule has 0 saturated carbocycles. The summed E-state index contributed by atoms with van der Waals surface area (Å²) in [5, 5.41) is 13.2. The van der Waals surface area contributed by atoms with E-state index in [0.717, 1.165) is 29.3 Å². The summed E-state index contributed by atoms with van der Waals surface area (Å²) in [6.45, 7) is 2.97. The van der Waals surface area contributed by atoms with Crippen LogP contribution in [-0.4, -0.2) is 6.54 Å². The van der Waals surface area contributed by atoms with Crippen molar-refractivity contribution in [3.05, 3.63) is 97.1 Å². The number of rotatable bonds is 6. The minimum Gasteiger partial charge on any atom is -0.298 e. The molecule has 1 N–H and O–H groups in total. The van der Waals surface area contributed by atoms with Crippen molar-refractivity contribution in [3.63, 3.8) is 0 Å². The molecule has 0 aliphatic heterocycles. The average molecular weight is 366 g/mol. The van der Waals surface area contributed by atoms with E-state index >= 15 is 0 Å². The largest absolute Gasteiger partial charge is 0.298 e. The molecule has 4 aromatic carbocycles. The van der Waals surface area contributed by atoms with Gasteiger partial charge in [-0.15, -0.1) is 0 Å². The SMILES string of the molecule is CCN(Nc1ccc(N=Nc2ccccc2)cc1)c1ccc2ccccc2c1. The van der Waals surface area contributed by atoms with Crippen molar-refractivity contribution in [2.75, 3.05) is 17.0 Å². The van der Waals surface area contributed by atoms with E-state index in [-0.39, 0.29) is 0 Å². The highest BCUT2D eigenvalue weighted by molar-refractivity contribution is 5.86. The van der Waals surface area contributed by atoms with Crippen LogP contribution in [0.1, 0.15) is 6.92 Å². The van der Waals surface area contributed by atoms with Crippen LogP contribution in [0.4, 0.5) is 22.7 Å². The molecular weight excluding hydrogens is 344 g/mol. The molecule has 0 heterocycles. The molecule has 4 rings (SSSR count). The van der Waals surface area contributed by atoms with Gasteiger partial charge in [-0.05, 0) is 66.2 Å². The van der Waals surface area contributed by atoms with Crippen LogP contribution in [0.3, 0.4) is 0 Å². The van der Waals surface area contributed by atoms with Crippen LogP contribution < -0.4 is 10.4 Å². The summed E-state index contributed by atoms with van der Waals surface area (Å²) in [6.07, 6.45) is 0. The molecular formula is C24H22N4. The third kappa shape index (κ3) is 4.18. The highest BCUT2D eigenvalue weighted by Gasteiger charge is 2.05. The number of nitrogens with zero attached hydrogens (tertiary/aromatic N) is 3. The molecule has 0 unspecified atom stereocenters. The maximum Gasteiger partial charge on any atom is 0.0858 e. The van der Waals surface area contributed by atoms with E-state index in [1.165, 1.54) is 10.8 Å². The number of fused-ring (bicyclic) bond motifs is 1. The number of hydrogen-bond donors (Lipinski definition) is 1. The number of nitrogens with one attached hydrogen (secondary N) is 1. The standard InChI is InChI=1S/C24H22N4/c1-2-28(24-17-12-19-8-6-7-9-20(19)18-24)27-23-15-13-22(14-16-23)26-25-21-10-4-3-5-11-21/h3-18,27H,2H2,1H3. The molecule has 0 aliphatic carbocycles. The maximum atomic E-state index is 4.29. The molecule has 0 saturated heterocycles. The summed E-state index contributed by atoms with van der Waals surface area (Å²) in [6, 6.07) is 32.6. The Morgan fingerprint density at radius 1 is 0.679 bits per heavy atom. The number of hydrazine groups is 1. The third-order valence-electron chi connectivity index (χ3n) is 4.53. The van der Waals surface area contributed by atoms with Crippen molar-refractivity contribution in [2.45, 2.75) is 6.92 Å². The number of anilines is 2. The Morgan fingerprint density at radius 2 is 1.32 bits per heavy atom. The van der Waals surface area contributed by atoms with Crippen LogP contribution in [0.2, 0.25) is 0 Å². The highest BCUT2D eigenvalue weighted by Crippen LogP contribution is 2.24. The first-order valence-electron chi connectivity index (χ1n) is 9.42. The molecule has 4 nitrogen and oxygen atoms in total. The molecule has 0 fully saturated rings. The van der Waals surface area contributed by atoms with Crippen molar-refractivity contribution in [1.82, 2.24) is 0 Å². The lowest BCUT2D eigenvalue weighted by Crippen LogP contribution is -2.29. The number of azo groups is 1. The van der Waals surface area contributed by atoms with E-state index in [4.69, 9.17) is 0 Å². The van der Waals surface area contributed by atoms with Crippen molar-refractivity contribution >= 4 is 33.5 Å². The molecule has 0 atom stereocenters. The van der Waals surface area contributed by atoms with Gasteiger partial charge in [-0.3, -0.25) is 10.4 Å². The van der Waals surface area contributed by atoms with Gasteiger partial charge in [-0.1, -0.05) is 48.5 Å². The fourth-order valence-corrected chi connectivity index (χ4v) is 3.04. The van der Waals surface area contributed by atoms with E-state index < -0.39 is 0 Å². The third-order valence-corrected chi connectivity index (χ3v) is 4.53. The zero-order valence-electron chi connectivity index (χ0n) is 15.8. The van der Waals surface area contributed by atoms with Gasteiger partial charge in [0.15, 0.2) is 0 Å². The maximum absolute atomic E-state index is 4.29. The van der Waals surface area contributed by atoms with E-state index in [1.807, 2.05) is 54.6 Å². The first-order chi connectivity index (χ1) is 13.8. The minimum atomic E-state index is 0.822. The smallest absolute Gasteiger partial charge is 0.0858 e. The van der Waals surface area contributed by atoms with Crippen LogP contribution in [-0.2, 0) is 0 Å². The first-order valence-corrected chi connectivity index (χ1v) is 9.42. The van der Waals surface area contributed by atoms with Gasteiger partial charge in [0.05, 0.1) is 22.7 Å². The van der Waals surface area contributed by atoms with Crippen molar-refractivity contribution in [2.24, 2.45) is 10.2 Å². The normalized spacial score (nSPS) is 11.0. The van der Waals surface area contributed by atoms with Crippen LogP contribution >= 0.6 is 0 Å². The molecule has 0 bridgehead atoms. The van der Waals surface area contributed by atoms with Crippen LogP contribution in [0.15, 0.2) is 107 Å². The summed E-state index contributed by atoms with van der Waals surface area (Å²) >= 11 is 0. The van der Waals surface area contributed by atoms with E-state index in [1.54, 1.807) is 0 Å². The molecule has 0 aromatic heterocycles. The summed E-state index contributed by atoms with van der Waals surface area (Å²) < 4.78 is 0. The monoisotopic (exact) mass is 366 g/mol. The van der Waals surface area contributed by atoms with E-state index in [9.17, 15) is 0 Å². The van der Waals surface area contributed by atoms with E-state index in [0.29, 0.717) is 0 Å². The number of benzene rings is 4. The fourth-order valence-electron chi connectivity index (χ4n) is 3.04. The van der Waals surface area contributed by atoms with Crippen molar-refractivity contribution in [3.8, 4) is 0 Å². The molecule has 0 radical (unpaired) electrons. The Balaban J connectivity index is 1.48. The lowest BCUT2D eigenvalue weighted by molar-refractivity contribution is 0.949. The predicted molar refractivity (Wildman–Crippen MR) is 118 cm³/mol. The zero-order chi connectivity index (χ0) is 19.2. The molecule has 0 spiro atoms. The lowest BCUT2D eigenvalue weighted by atomic mass is 10.1. The van der Waals surface area contributed by atoms with Crippen molar-refractivity contribution in [1.29, 1.82) is 0 Å². The van der Waals surface area contributed by atoms with E-state index in [2.05, 4.69) is 70.1 Å². The topological polar surface area (TPSA) is 40.0 Å². The van der Waals surface area contributed by atoms with Crippen molar-refractivity contribution < 1.29 is 0 Å². The van der Waals surface area contributed by atoms with Gasteiger partial charge in [0, 0.05) is 6.54 Å². The molecule has 138 valence electrons. The Kier molecular flexibility index (Phi) is 5.29. The Morgan fingerprint density at radius 3 is 2.04 bits per heavy atom. The molecule has 0 amide bonds. The Hall–Kier alpha value is -3.66. The summed E-state index contributed by atoms with van der Waals surface area (Å²) in [4.78, 5) is 0. The number of hydrogen-bond acceptors (Lipinski definition) is 4. The van der Waals surface area contributed by atoms with Gasteiger partial charge < -0.3 is 0 Å². The average Bonchev–Trinajstić information content (AvgIpc) is 2.77. The Labute approximate surface area is 165 Å².